The molecule has 0 bridgehead atoms. The number of ketones is 1. The largest absolute Gasteiger partial charge is 0.315 e. The van der Waals surface area contributed by atoms with Gasteiger partial charge >= 0.3 is 0 Å². The van der Waals surface area contributed by atoms with Gasteiger partial charge in [0, 0.05) is 23.0 Å². The lowest BCUT2D eigenvalue weighted by molar-refractivity contribution is 0.0972. The third-order valence-corrected chi connectivity index (χ3v) is 2.55. The highest BCUT2D eigenvalue weighted by Crippen LogP contribution is 2.11. The summed E-state index contributed by atoms with van der Waals surface area (Å²) >= 11 is 5.74. The maximum atomic E-state index is 11.9. The first kappa shape index (κ1) is 11.4. The van der Waals surface area contributed by atoms with Crippen LogP contribution in [0.5, 0.6) is 0 Å². The molecule has 84 valence electrons. The zero-order valence-corrected chi connectivity index (χ0v) is 9.55. The number of benzene rings is 1. The molecule has 0 spiro atoms. The molecule has 0 unspecified atom stereocenters. The number of rotatable bonds is 3. The minimum atomic E-state index is -0.0869. The van der Waals surface area contributed by atoms with Crippen LogP contribution in [0.2, 0.25) is 5.02 Å². The van der Waals surface area contributed by atoms with E-state index in [9.17, 15) is 4.79 Å². The third kappa shape index (κ3) is 2.52. The normalized spacial score (nSPS) is 9.88. The standard InChI is InChI=1S/C12H8ClN3O/c13-10-3-1-9(2-4-10)11(17)8-16-6-5-15-12(16)7-14/h1-6H,8H2. The van der Waals surface area contributed by atoms with Crippen LogP contribution in [-0.4, -0.2) is 15.3 Å². The number of hydrogen-bond acceptors (Lipinski definition) is 3. The summed E-state index contributed by atoms with van der Waals surface area (Å²) in [6.07, 6.45) is 3.10. The van der Waals surface area contributed by atoms with Crippen molar-refractivity contribution in [3.05, 3.63) is 53.1 Å². The summed E-state index contributed by atoms with van der Waals surface area (Å²) in [7, 11) is 0. The second kappa shape index (κ2) is 4.81. The second-order valence-electron chi connectivity index (χ2n) is 3.42. The minimum absolute atomic E-state index is 0.0869. The fourth-order valence-corrected chi connectivity index (χ4v) is 1.56. The number of nitrogens with zero attached hydrogens (tertiary/aromatic N) is 3. The molecule has 0 saturated carbocycles. The molecule has 0 N–H and O–H groups in total. The van der Waals surface area contributed by atoms with Gasteiger partial charge in [-0.15, -0.1) is 0 Å². The van der Waals surface area contributed by atoms with Crippen molar-refractivity contribution in [3.8, 4) is 6.07 Å². The number of halogens is 1. The molecule has 0 aliphatic rings. The Hall–Kier alpha value is -2.12. The fraction of sp³-hybridized carbons (Fsp3) is 0.0833. The average molecular weight is 246 g/mol. The van der Waals surface area contributed by atoms with Gasteiger partial charge in [-0.2, -0.15) is 5.26 Å². The van der Waals surface area contributed by atoms with E-state index < -0.39 is 0 Å². The molecule has 1 aromatic carbocycles. The Balaban J connectivity index is 2.18. The molecular weight excluding hydrogens is 238 g/mol. The van der Waals surface area contributed by atoms with Crippen LogP contribution in [0.1, 0.15) is 16.2 Å². The van der Waals surface area contributed by atoms with Crippen molar-refractivity contribution in [2.75, 3.05) is 0 Å². The Morgan fingerprint density at radius 1 is 1.41 bits per heavy atom. The minimum Gasteiger partial charge on any atom is -0.315 e. The van der Waals surface area contributed by atoms with Gasteiger partial charge in [0.25, 0.3) is 0 Å². The Morgan fingerprint density at radius 3 is 2.76 bits per heavy atom. The topological polar surface area (TPSA) is 58.7 Å². The lowest BCUT2D eigenvalue weighted by Gasteiger charge is -2.03. The maximum Gasteiger partial charge on any atom is 0.213 e. The first-order valence-electron chi connectivity index (χ1n) is 4.90. The van der Waals surface area contributed by atoms with Gasteiger partial charge in [-0.05, 0) is 24.3 Å². The molecule has 0 amide bonds. The van der Waals surface area contributed by atoms with Crippen molar-refractivity contribution < 1.29 is 4.79 Å². The van der Waals surface area contributed by atoms with E-state index in [1.165, 1.54) is 10.8 Å². The van der Waals surface area contributed by atoms with Crippen LogP contribution in [0.25, 0.3) is 0 Å². The molecule has 2 aromatic rings. The molecule has 0 aliphatic heterocycles. The zero-order valence-electron chi connectivity index (χ0n) is 8.80. The summed E-state index contributed by atoms with van der Waals surface area (Å²) in [5.41, 5.74) is 0.562. The van der Waals surface area contributed by atoms with Crippen LogP contribution < -0.4 is 0 Å². The lowest BCUT2D eigenvalue weighted by Crippen LogP contribution is -2.11. The molecular formula is C12H8ClN3O. The second-order valence-corrected chi connectivity index (χ2v) is 3.86. The Morgan fingerprint density at radius 2 is 2.12 bits per heavy atom. The average Bonchev–Trinajstić information content (AvgIpc) is 2.77. The predicted molar refractivity (Wildman–Crippen MR) is 62.7 cm³/mol. The molecule has 0 saturated heterocycles. The van der Waals surface area contributed by atoms with Gasteiger partial charge in [-0.25, -0.2) is 4.98 Å². The first-order chi connectivity index (χ1) is 8.20. The summed E-state index contributed by atoms with van der Waals surface area (Å²) < 4.78 is 1.51. The van der Waals surface area contributed by atoms with Crippen molar-refractivity contribution in [1.82, 2.24) is 9.55 Å². The van der Waals surface area contributed by atoms with Gasteiger partial charge < -0.3 is 4.57 Å². The van der Waals surface area contributed by atoms with Crippen molar-refractivity contribution >= 4 is 17.4 Å². The van der Waals surface area contributed by atoms with Crippen molar-refractivity contribution in [2.24, 2.45) is 0 Å². The van der Waals surface area contributed by atoms with E-state index in [0.29, 0.717) is 10.6 Å². The van der Waals surface area contributed by atoms with Crippen molar-refractivity contribution in [2.45, 2.75) is 6.54 Å². The molecule has 2 rings (SSSR count). The summed E-state index contributed by atoms with van der Waals surface area (Å²) in [4.78, 5) is 15.7. The highest BCUT2D eigenvalue weighted by atomic mass is 35.5. The van der Waals surface area contributed by atoms with Gasteiger partial charge in [-0.3, -0.25) is 4.79 Å². The molecule has 0 atom stereocenters. The first-order valence-corrected chi connectivity index (χ1v) is 5.28. The fourth-order valence-electron chi connectivity index (χ4n) is 1.43. The van der Waals surface area contributed by atoms with Gasteiger partial charge in [-0.1, -0.05) is 11.6 Å². The Bertz CT molecular complexity index is 581. The van der Waals surface area contributed by atoms with Crippen LogP contribution in [0, 0.1) is 11.3 Å². The number of carbonyl (C=O) groups excluding carboxylic acids is 1. The van der Waals surface area contributed by atoms with Gasteiger partial charge in [0.1, 0.15) is 6.07 Å². The van der Waals surface area contributed by atoms with Crippen molar-refractivity contribution in [1.29, 1.82) is 5.26 Å². The number of imidazole rings is 1. The molecule has 4 nitrogen and oxygen atoms in total. The van der Waals surface area contributed by atoms with E-state index in [0.717, 1.165) is 0 Å². The highest BCUT2D eigenvalue weighted by Gasteiger charge is 2.09. The van der Waals surface area contributed by atoms with Crippen LogP contribution in [0.15, 0.2) is 36.7 Å². The van der Waals surface area contributed by atoms with E-state index in [1.54, 1.807) is 30.5 Å². The SMILES string of the molecule is N#Cc1nccn1CC(=O)c1ccc(Cl)cc1. The third-order valence-electron chi connectivity index (χ3n) is 2.30. The Labute approximate surface area is 103 Å². The molecule has 1 heterocycles. The summed E-state index contributed by atoms with van der Waals surface area (Å²) in [5.74, 6) is 0.142. The van der Waals surface area contributed by atoms with E-state index in [-0.39, 0.29) is 18.2 Å². The number of carbonyl (C=O) groups is 1. The number of aromatic nitrogens is 2. The van der Waals surface area contributed by atoms with E-state index in [1.807, 2.05) is 6.07 Å². The van der Waals surface area contributed by atoms with Gasteiger partial charge in [0.2, 0.25) is 5.82 Å². The number of hydrogen-bond donors (Lipinski definition) is 0. The molecule has 0 radical (unpaired) electrons. The van der Waals surface area contributed by atoms with Crippen LogP contribution in [0.3, 0.4) is 0 Å². The molecule has 0 aliphatic carbocycles. The van der Waals surface area contributed by atoms with Gasteiger partial charge in [0.15, 0.2) is 5.78 Å². The van der Waals surface area contributed by atoms with Crippen molar-refractivity contribution in [3.63, 3.8) is 0 Å². The van der Waals surface area contributed by atoms with Crippen LogP contribution in [-0.2, 0) is 6.54 Å². The lowest BCUT2D eigenvalue weighted by atomic mass is 10.1. The van der Waals surface area contributed by atoms with E-state index in [4.69, 9.17) is 16.9 Å². The Kier molecular flexibility index (Phi) is 3.22. The monoisotopic (exact) mass is 245 g/mol. The summed E-state index contributed by atoms with van der Waals surface area (Å²) in [5, 5.41) is 9.35. The maximum absolute atomic E-state index is 11.9. The smallest absolute Gasteiger partial charge is 0.213 e. The molecule has 5 heteroatoms. The van der Waals surface area contributed by atoms with Crippen LogP contribution in [0.4, 0.5) is 0 Å². The quantitative estimate of drug-likeness (QED) is 0.780. The number of nitriles is 1. The predicted octanol–water partition coefficient (Wildman–Crippen LogP) is 2.29. The molecule has 1 aromatic heterocycles. The summed E-state index contributed by atoms with van der Waals surface area (Å²) in [6, 6.07) is 8.56. The number of Topliss-reactive ketones (excluding diaryl/α,β-unsaturated/α-hetero) is 1. The highest BCUT2D eigenvalue weighted by molar-refractivity contribution is 6.30. The van der Waals surface area contributed by atoms with E-state index in [2.05, 4.69) is 4.98 Å². The summed E-state index contributed by atoms with van der Waals surface area (Å²) in [6.45, 7) is 0.102. The zero-order chi connectivity index (χ0) is 12.3. The molecule has 17 heavy (non-hydrogen) atoms. The van der Waals surface area contributed by atoms with Crippen LogP contribution >= 0.6 is 11.6 Å². The van der Waals surface area contributed by atoms with Gasteiger partial charge in [0.05, 0.1) is 6.54 Å². The molecule has 0 fully saturated rings. The van der Waals surface area contributed by atoms with E-state index >= 15 is 0 Å².